The molecule has 2 rings (SSSR count). The summed E-state index contributed by atoms with van der Waals surface area (Å²) in [7, 11) is 0. The van der Waals surface area contributed by atoms with Gasteiger partial charge in [-0.05, 0) is 32.0 Å². The molecule has 6 heteroatoms. The highest BCUT2D eigenvalue weighted by Crippen LogP contribution is 2.20. The maximum Gasteiger partial charge on any atom is 0.264 e. The Morgan fingerprint density at radius 1 is 1.47 bits per heavy atom. The van der Waals surface area contributed by atoms with Crippen molar-refractivity contribution in [1.82, 2.24) is 9.55 Å². The Bertz CT molecular complexity index is 583. The van der Waals surface area contributed by atoms with E-state index < -0.39 is 0 Å². The van der Waals surface area contributed by atoms with Crippen molar-refractivity contribution in [3.8, 4) is 5.88 Å². The minimum absolute atomic E-state index is 0.101. The lowest BCUT2D eigenvalue weighted by Crippen LogP contribution is -2.19. The van der Waals surface area contributed by atoms with Crippen LogP contribution >= 0.6 is 12.2 Å². The fourth-order valence-electron chi connectivity index (χ4n) is 2.39. The van der Waals surface area contributed by atoms with Crippen molar-refractivity contribution in [3.63, 3.8) is 0 Å². The van der Waals surface area contributed by atoms with Crippen LogP contribution < -0.4 is 5.56 Å². The fourth-order valence-corrected chi connectivity index (χ4v) is 2.70. The van der Waals surface area contributed by atoms with Gasteiger partial charge in [-0.2, -0.15) is 0 Å². The van der Waals surface area contributed by atoms with Crippen molar-refractivity contribution in [2.45, 2.75) is 51.6 Å². The monoisotopic (exact) mass is 281 g/mol. The van der Waals surface area contributed by atoms with Gasteiger partial charge in [0.05, 0.1) is 0 Å². The SMILES string of the molecule is CCn1c(O)c(C=NC2CCCCC2)c(=O)[nH]c1=S. The molecule has 1 aliphatic carbocycles. The van der Waals surface area contributed by atoms with Crippen molar-refractivity contribution in [1.29, 1.82) is 0 Å². The van der Waals surface area contributed by atoms with Gasteiger partial charge in [-0.3, -0.25) is 19.3 Å². The van der Waals surface area contributed by atoms with Crippen LogP contribution in [0.1, 0.15) is 44.6 Å². The van der Waals surface area contributed by atoms with Gasteiger partial charge in [0.1, 0.15) is 5.56 Å². The second kappa shape index (κ2) is 6.14. The van der Waals surface area contributed by atoms with E-state index in [1.54, 1.807) is 0 Å². The van der Waals surface area contributed by atoms with Crippen molar-refractivity contribution >= 4 is 18.4 Å². The molecule has 104 valence electrons. The number of aromatic nitrogens is 2. The maximum atomic E-state index is 11.8. The number of nitrogens with zero attached hydrogens (tertiary/aromatic N) is 2. The van der Waals surface area contributed by atoms with Crippen LogP contribution in [0.4, 0.5) is 0 Å². The molecular weight excluding hydrogens is 262 g/mol. The van der Waals surface area contributed by atoms with E-state index in [0.717, 1.165) is 12.8 Å². The largest absolute Gasteiger partial charge is 0.494 e. The number of aromatic hydroxyl groups is 1. The minimum Gasteiger partial charge on any atom is -0.494 e. The molecule has 0 bridgehead atoms. The third kappa shape index (κ3) is 3.12. The van der Waals surface area contributed by atoms with Crippen molar-refractivity contribution in [2.75, 3.05) is 0 Å². The average Bonchev–Trinajstić information content (AvgIpc) is 2.39. The summed E-state index contributed by atoms with van der Waals surface area (Å²) in [5.41, 5.74) is -0.187. The van der Waals surface area contributed by atoms with Crippen LogP contribution in [0.15, 0.2) is 9.79 Å². The maximum absolute atomic E-state index is 11.8. The van der Waals surface area contributed by atoms with Gasteiger partial charge in [0, 0.05) is 18.8 Å². The molecule has 0 unspecified atom stereocenters. The first-order valence-corrected chi connectivity index (χ1v) is 7.13. The summed E-state index contributed by atoms with van der Waals surface area (Å²) in [5, 5.41) is 10.1. The van der Waals surface area contributed by atoms with Gasteiger partial charge >= 0.3 is 0 Å². The molecular formula is C13H19N3O2S. The summed E-state index contributed by atoms with van der Waals surface area (Å²) < 4.78 is 1.72. The molecule has 19 heavy (non-hydrogen) atoms. The summed E-state index contributed by atoms with van der Waals surface area (Å²) in [6.07, 6.45) is 7.24. The zero-order valence-electron chi connectivity index (χ0n) is 11.1. The van der Waals surface area contributed by atoms with E-state index in [-0.39, 0.29) is 27.8 Å². The Labute approximate surface area is 117 Å². The van der Waals surface area contributed by atoms with Crippen LogP contribution in [-0.4, -0.2) is 26.9 Å². The summed E-state index contributed by atoms with van der Waals surface area (Å²) in [4.78, 5) is 18.8. The van der Waals surface area contributed by atoms with Crippen molar-refractivity contribution < 1.29 is 5.11 Å². The van der Waals surface area contributed by atoms with Gasteiger partial charge in [0.2, 0.25) is 5.88 Å². The van der Waals surface area contributed by atoms with E-state index in [2.05, 4.69) is 9.98 Å². The van der Waals surface area contributed by atoms with Gasteiger partial charge in [0.25, 0.3) is 5.56 Å². The Balaban J connectivity index is 2.31. The van der Waals surface area contributed by atoms with E-state index >= 15 is 0 Å². The topological polar surface area (TPSA) is 70.4 Å². The molecule has 1 fully saturated rings. The van der Waals surface area contributed by atoms with Gasteiger partial charge in [0.15, 0.2) is 4.77 Å². The first kappa shape index (κ1) is 14.0. The second-order valence-corrected chi connectivity index (χ2v) is 5.20. The van der Waals surface area contributed by atoms with Gasteiger partial charge < -0.3 is 5.11 Å². The average molecular weight is 281 g/mol. The number of nitrogens with one attached hydrogen (secondary N) is 1. The summed E-state index contributed by atoms with van der Waals surface area (Å²) in [5.74, 6) is -0.101. The molecule has 0 radical (unpaired) electrons. The number of H-pyrrole nitrogens is 1. The lowest BCUT2D eigenvalue weighted by atomic mass is 9.96. The number of hydrogen-bond acceptors (Lipinski definition) is 4. The zero-order chi connectivity index (χ0) is 13.8. The third-order valence-electron chi connectivity index (χ3n) is 3.51. The van der Waals surface area contributed by atoms with Crippen LogP contribution in [0.25, 0.3) is 0 Å². The molecule has 2 N–H and O–H groups in total. The van der Waals surface area contributed by atoms with Crippen molar-refractivity contribution in [3.05, 3.63) is 20.7 Å². The first-order chi connectivity index (χ1) is 9.13. The quantitative estimate of drug-likeness (QED) is 0.660. The molecule has 5 nitrogen and oxygen atoms in total. The predicted molar refractivity (Wildman–Crippen MR) is 77.7 cm³/mol. The highest BCUT2D eigenvalue weighted by Gasteiger charge is 2.13. The molecule has 1 saturated carbocycles. The number of aromatic amines is 1. The Morgan fingerprint density at radius 2 is 2.16 bits per heavy atom. The Hall–Kier alpha value is -1.43. The Morgan fingerprint density at radius 3 is 2.79 bits per heavy atom. The smallest absolute Gasteiger partial charge is 0.264 e. The van der Waals surface area contributed by atoms with Crippen LogP contribution in [0.5, 0.6) is 5.88 Å². The van der Waals surface area contributed by atoms with Crippen LogP contribution in [0.2, 0.25) is 0 Å². The first-order valence-electron chi connectivity index (χ1n) is 6.72. The van der Waals surface area contributed by atoms with E-state index in [1.165, 1.54) is 30.0 Å². The summed E-state index contributed by atoms with van der Waals surface area (Å²) in [6.45, 7) is 2.36. The molecule has 0 spiro atoms. The molecule has 0 saturated heterocycles. The lowest BCUT2D eigenvalue weighted by Gasteiger charge is -2.17. The number of hydrogen-bond donors (Lipinski definition) is 2. The summed E-state index contributed by atoms with van der Waals surface area (Å²) >= 11 is 5.00. The molecule has 0 atom stereocenters. The molecule has 1 aromatic heterocycles. The standard InChI is InChI=1S/C13H19N3O2S/c1-2-16-12(18)10(11(17)15-13(16)19)8-14-9-6-4-3-5-7-9/h8-9,18H,2-7H2,1H3,(H,15,17,19). The van der Waals surface area contributed by atoms with Crippen molar-refractivity contribution in [2.24, 2.45) is 4.99 Å². The fraction of sp³-hybridized carbons (Fsp3) is 0.615. The van der Waals surface area contributed by atoms with Crippen LogP contribution in [-0.2, 0) is 6.54 Å². The molecule has 0 aromatic carbocycles. The molecule has 0 aliphatic heterocycles. The Kier molecular flexibility index (Phi) is 4.52. The van der Waals surface area contributed by atoms with Gasteiger partial charge in [-0.1, -0.05) is 19.3 Å². The molecule has 1 aliphatic rings. The minimum atomic E-state index is -0.383. The van der Waals surface area contributed by atoms with Crippen LogP contribution in [0, 0.1) is 4.77 Å². The highest BCUT2D eigenvalue weighted by molar-refractivity contribution is 7.71. The second-order valence-electron chi connectivity index (χ2n) is 4.81. The van der Waals surface area contributed by atoms with E-state index in [9.17, 15) is 9.90 Å². The number of aliphatic imine (C=N–C) groups is 1. The van der Waals surface area contributed by atoms with E-state index in [4.69, 9.17) is 12.2 Å². The van der Waals surface area contributed by atoms with Gasteiger partial charge in [-0.25, -0.2) is 0 Å². The highest BCUT2D eigenvalue weighted by atomic mass is 32.1. The zero-order valence-corrected chi connectivity index (χ0v) is 11.9. The predicted octanol–water partition coefficient (Wildman–Crippen LogP) is 2.38. The molecule has 1 heterocycles. The van der Waals surface area contributed by atoms with Crippen LogP contribution in [0.3, 0.4) is 0 Å². The van der Waals surface area contributed by atoms with Gasteiger partial charge in [-0.15, -0.1) is 0 Å². The third-order valence-corrected chi connectivity index (χ3v) is 3.83. The van der Waals surface area contributed by atoms with E-state index in [0.29, 0.717) is 6.54 Å². The van der Waals surface area contributed by atoms with E-state index in [1.807, 2.05) is 6.92 Å². The normalized spacial score (nSPS) is 17.1. The molecule has 1 aromatic rings. The lowest BCUT2D eigenvalue weighted by molar-refractivity contribution is 0.408. The number of rotatable bonds is 3. The summed E-state index contributed by atoms with van der Waals surface area (Å²) in [6, 6.07) is 0.269. The molecule has 0 amide bonds.